The van der Waals surface area contributed by atoms with E-state index in [-0.39, 0.29) is 6.10 Å². The third-order valence-corrected chi connectivity index (χ3v) is 4.49. The standard InChI is InChI=1S/C14H26O2/c1-2-13(15)10-16-14-8-7-11-5-3-4-6-12(11)9-14/h11-15H,2-10H2,1H3. The van der Waals surface area contributed by atoms with Gasteiger partial charge in [-0.1, -0.05) is 32.6 Å². The monoisotopic (exact) mass is 226 g/mol. The highest BCUT2D eigenvalue weighted by Crippen LogP contribution is 2.41. The van der Waals surface area contributed by atoms with Crippen LogP contribution in [0.5, 0.6) is 0 Å². The smallest absolute Gasteiger partial charge is 0.0771 e. The second-order valence-corrected chi connectivity index (χ2v) is 5.64. The van der Waals surface area contributed by atoms with Crippen LogP contribution in [0.4, 0.5) is 0 Å². The topological polar surface area (TPSA) is 29.5 Å². The number of hydrogen-bond donors (Lipinski definition) is 1. The maximum Gasteiger partial charge on any atom is 0.0771 e. The molecule has 4 unspecified atom stereocenters. The Bertz CT molecular complexity index is 205. The van der Waals surface area contributed by atoms with Gasteiger partial charge in [0.05, 0.1) is 18.8 Å². The van der Waals surface area contributed by atoms with E-state index < -0.39 is 0 Å². The third-order valence-electron chi connectivity index (χ3n) is 4.49. The zero-order valence-electron chi connectivity index (χ0n) is 10.5. The summed E-state index contributed by atoms with van der Waals surface area (Å²) in [6.07, 6.45) is 10.5. The summed E-state index contributed by atoms with van der Waals surface area (Å²) in [5.41, 5.74) is 0. The maximum atomic E-state index is 9.50. The van der Waals surface area contributed by atoms with Crippen molar-refractivity contribution in [2.75, 3.05) is 6.61 Å². The molecule has 2 aliphatic rings. The van der Waals surface area contributed by atoms with E-state index in [1.807, 2.05) is 6.92 Å². The Morgan fingerprint density at radius 1 is 1.12 bits per heavy atom. The number of aliphatic hydroxyl groups is 1. The molecule has 2 rings (SSSR count). The van der Waals surface area contributed by atoms with Crippen LogP contribution in [0.1, 0.15) is 58.3 Å². The molecule has 0 spiro atoms. The predicted molar refractivity (Wildman–Crippen MR) is 65.3 cm³/mol. The van der Waals surface area contributed by atoms with Crippen LogP contribution in [0.25, 0.3) is 0 Å². The molecule has 0 aromatic carbocycles. The van der Waals surface area contributed by atoms with Crippen molar-refractivity contribution in [1.29, 1.82) is 0 Å². The third kappa shape index (κ3) is 3.21. The molecule has 2 aliphatic carbocycles. The lowest BCUT2D eigenvalue weighted by atomic mass is 9.70. The fourth-order valence-electron chi connectivity index (χ4n) is 3.35. The van der Waals surface area contributed by atoms with E-state index in [0.29, 0.717) is 12.7 Å². The lowest BCUT2D eigenvalue weighted by Gasteiger charge is -2.39. The van der Waals surface area contributed by atoms with Crippen LogP contribution in [0.3, 0.4) is 0 Å². The van der Waals surface area contributed by atoms with Crippen LogP contribution < -0.4 is 0 Å². The van der Waals surface area contributed by atoms with E-state index in [4.69, 9.17) is 4.74 Å². The Morgan fingerprint density at radius 2 is 1.88 bits per heavy atom. The second-order valence-electron chi connectivity index (χ2n) is 5.64. The Balaban J connectivity index is 1.72. The predicted octanol–water partition coefficient (Wildman–Crippen LogP) is 3.13. The summed E-state index contributed by atoms with van der Waals surface area (Å²) in [6, 6.07) is 0. The molecule has 0 bridgehead atoms. The number of ether oxygens (including phenoxy) is 1. The van der Waals surface area contributed by atoms with Crippen LogP contribution in [0.15, 0.2) is 0 Å². The number of rotatable bonds is 4. The van der Waals surface area contributed by atoms with Crippen molar-refractivity contribution in [3.8, 4) is 0 Å². The van der Waals surface area contributed by atoms with Crippen molar-refractivity contribution in [2.45, 2.75) is 70.5 Å². The molecule has 0 aromatic heterocycles. The van der Waals surface area contributed by atoms with Gasteiger partial charge in [0.25, 0.3) is 0 Å². The first kappa shape index (κ1) is 12.4. The lowest BCUT2D eigenvalue weighted by Crippen LogP contribution is -2.33. The van der Waals surface area contributed by atoms with Crippen molar-refractivity contribution < 1.29 is 9.84 Å². The van der Waals surface area contributed by atoms with E-state index in [1.54, 1.807) is 0 Å². The maximum absolute atomic E-state index is 9.50. The fraction of sp³-hybridized carbons (Fsp3) is 1.00. The summed E-state index contributed by atoms with van der Waals surface area (Å²) in [5.74, 6) is 1.91. The van der Waals surface area contributed by atoms with Crippen LogP contribution >= 0.6 is 0 Å². The zero-order valence-corrected chi connectivity index (χ0v) is 10.5. The Hall–Kier alpha value is -0.0800. The molecule has 0 saturated heterocycles. The minimum Gasteiger partial charge on any atom is -0.391 e. The van der Waals surface area contributed by atoms with Crippen LogP contribution in [-0.2, 0) is 4.74 Å². The normalized spacial score (nSPS) is 36.8. The van der Waals surface area contributed by atoms with E-state index in [9.17, 15) is 5.11 Å². The highest BCUT2D eigenvalue weighted by atomic mass is 16.5. The molecule has 2 saturated carbocycles. The average molecular weight is 226 g/mol. The van der Waals surface area contributed by atoms with Gasteiger partial charge in [0.15, 0.2) is 0 Å². The molecule has 0 aliphatic heterocycles. The first-order chi connectivity index (χ1) is 7.79. The van der Waals surface area contributed by atoms with Crippen LogP contribution in [0.2, 0.25) is 0 Å². The fourth-order valence-corrected chi connectivity index (χ4v) is 3.35. The molecule has 4 atom stereocenters. The number of fused-ring (bicyclic) bond motifs is 1. The van der Waals surface area contributed by atoms with Gasteiger partial charge < -0.3 is 9.84 Å². The highest BCUT2D eigenvalue weighted by molar-refractivity contribution is 4.83. The van der Waals surface area contributed by atoms with Gasteiger partial charge in [0.2, 0.25) is 0 Å². The summed E-state index contributed by atoms with van der Waals surface area (Å²) in [5, 5.41) is 9.50. The summed E-state index contributed by atoms with van der Waals surface area (Å²) < 4.78 is 5.83. The van der Waals surface area contributed by atoms with Crippen molar-refractivity contribution in [1.82, 2.24) is 0 Å². The molecule has 2 fully saturated rings. The van der Waals surface area contributed by atoms with Gasteiger partial charge in [0.1, 0.15) is 0 Å². The van der Waals surface area contributed by atoms with Gasteiger partial charge in [-0.3, -0.25) is 0 Å². The van der Waals surface area contributed by atoms with Gasteiger partial charge in [-0.25, -0.2) is 0 Å². The van der Waals surface area contributed by atoms with E-state index >= 15 is 0 Å². The van der Waals surface area contributed by atoms with Crippen molar-refractivity contribution >= 4 is 0 Å². The molecular formula is C14H26O2. The summed E-state index contributed by atoms with van der Waals surface area (Å²) in [6.45, 7) is 2.55. The number of hydrogen-bond acceptors (Lipinski definition) is 2. The molecule has 0 amide bonds. The summed E-state index contributed by atoms with van der Waals surface area (Å²) in [4.78, 5) is 0. The van der Waals surface area contributed by atoms with E-state index in [0.717, 1.165) is 18.3 Å². The first-order valence-corrected chi connectivity index (χ1v) is 7.09. The zero-order chi connectivity index (χ0) is 11.4. The summed E-state index contributed by atoms with van der Waals surface area (Å²) >= 11 is 0. The Morgan fingerprint density at radius 3 is 2.62 bits per heavy atom. The van der Waals surface area contributed by atoms with Gasteiger partial charge in [-0.2, -0.15) is 0 Å². The second kappa shape index (κ2) is 6.02. The van der Waals surface area contributed by atoms with Crippen molar-refractivity contribution in [3.05, 3.63) is 0 Å². The largest absolute Gasteiger partial charge is 0.391 e. The molecule has 1 N–H and O–H groups in total. The minimum absolute atomic E-state index is 0.260. The van der Waals surface area contributed by atoms with Crippen LogP contribution in [0, 0.1) is 11.8 Å². The molecule has 16 heavy (non-hydrogen) atoms. The average Bonchev–Trinajstić information content (AvgIpc) is 2.35. The van der Waals surface area contributed by atoms with Gasteiger partial charge in [-0.05, 0) is 37.5 Å². The quantitative estimate of drug-likeness (QED) is 0.798. The first-order valence-electron chi connectivity index (χ1n) is 7.09. The number of aliphatic hydroxyl groups excluding tert-OH is 1. The molecule has 2 nitrogen and oxygen atoms in total. The Labute approximate surface area is 99.4 Å². The van der Waals surface area contributed by atoms with Crippen molar-refractivity contribution in [2.24, 2.45) is 11.8 Å². The van der Waals surface area contributed by atoms with Crippen molar-refractivity contribution in [3.63, 3.8) is 0 Å². The molecule has 0 heterocycles. The van der Waals surface area contributed by atoms with Gasteiger partial charge in [-0.15, -0.1) is 0 Å². The molecule has 2 heteroatoms. The van der Waals surface area contributed by atoms with Gasteiger partial charge in [0, 0.05) is 0 Å². The molecular weight excluding hydrogens is 200 g/mol. The van der Waals surface area contributed by atoms with E-state index in [1.165, 1.54) is 44.9 Å². The highest BCUT2D eigenvalue weighted by Gasteiger charge is 2.32. The van der Waals surface area contributed by atoms with E-state index in [2.05, 4.69) is 0 Å². The Kier molecular flexibility index (Phi) is 4.66. The van der Waals surface area contributed by atoms with Crippen LogP contribution in [-0.4, -0.2) is 23.9 Å². The SMILES string of the molecule is CCC(O)COC1CCC2CCCCC2C1. The molecule has 94 valence electrons. The lowest BCUT2D eigenvalue weighted by molar-refractivity contribution is -0.0482. The molecule has 0 radical (unpaired) electrons. The van der Waals surface area contributed by atoms with Gasteiger partial charge >= 0.3 is 0 Å². The minimum atomic E-state index is -0.260. The summed E-state index contributed by atoms with van der Waals surface area (Å²) in [7, 11) is 0. The molecule has 0 aromatic rings.